The number of hydrogen-bond donors (Lipinski definition) is 1. The fourth-order valence-corrected chi connectivity index (χ4v) is 1.42. The molecule has 0 spiro atoms. The second-order valence-corrected chi connectivity index (χ2v) is 3.83. The van der Waals surface area contributed by atoms with Gasteiger partial charge >= 0.3 is 5.97 Å². The second kappa shape index (κ2) is 6.96. The van der Waals surface area contributed by atoms with Crippen LogP contribution >= 0.6 is 0 Å². The van der Waals surface area contributed by atoms with Crippen molar-refractivity contribution in [3.8, 4) is 5.75 Å². The zero-order valence-electron chi connectivity index (χ0n) is 10.8. The Labute approximate surface area is 106 Å². The predicted molar refractivity (Wildman–Crippen MR) is 65.9 cm³/mol. The van der Waals surface area contributed by atoms with Gasteiger partial charge in [0.2, 0.25) is 0 Å². The lowest BCUT2D eigenvalue weighted by atomic mass is 10.2. The van der Waals surface area contributed by atoms with Gasteiger partial charge < -0.3 is 14.8 Å². The maximum atomic E-state index is 13.7. The van der Waals surface area contributed by atoms with Gasteiger partial charge in [-0.2, -0.15) is 0 Å². The number of rotatable bonds is 6. The summed E-state index contributed by atoms with van der Waals surface area (Å²) in [6.45, 7) is 4.91. The Kier molecular flexibility index (Phi) is 5.58. The van der Waals surface area contributed by atoms with Crippen molar-refractivity contribution in [3.05, 3.63) is 29.6 Å². The molecule has 0 aliphatic rings. The monoisotopic (exact) mass is 255 g/mol. The molecule has 18 heavy (non-hydrogen) atoms. The number of ether oxygens (including phenoxy) is 2. The Balaban J connectivity index is 2.70. The molecule has 100 valence electrons. The third-order valence-corrected chi connectivity index (χ3v) is 2.41. The fraction of sp³-hybridized carbons (Fsp3) is 0.462. The van der Waals surface area contributed by atoms with Crippen LogP contribution in [0.5, 0.6) is 5.75 Å². The van der Waals surface area contributed by atoms with Crippen molar-refractivity contribution in [1.29, 1.82) is 0 Å². The number of nitrogens with one attached hydrogen (secondary N) is 1. The molecule has 0 saturated carbocycles. The molecule has 0 aliphatic heterocycles. The Hall–Kier alpha value is -1.62. The van der Waals surface area contributed by atoms with Gasteiger partial charge in [0.05, 0.1) is 7.11 Å². The molecule has 1 aromatic carbocycles. The minimum Gasteiger partial charge on any atom is -0.476 e. The van der Waals surface area contributed by atoms with E-state index in [-0.39, 0.29) is 5.75 Å². The molecule has 0 bridgehead atoms. The van der Waals surface area contributed by atoms with Crippen LogP contribution in [0.1, 0.15) is 19.4 Å². The van der Waals surface area contributed by atoms with Crippen LogP contribution in [0.15, 0.2) is 18.2 Å². The van der Waals surface area contributed by atoms with Crippen molar-refractivity contribution in [3.63, 3.8) is 0 Å². The van der Waals surface area contributed by atoms with Crippen LogP contribution in [-0.2, 0) is 16.1 Å². The first-order valence-corrected chi connectivity index (χ1v) is 5.82. The minimum atomic E-state index is -0.830. The van der Waals surface area contributed by atoms with Gasteiger partial charge in [-0.25, -0.2) is 9.18 Å². The van der Waals surface area contributed by atoms with Gasteiger partial charge in [-0.15, -0.1) is 0 Å². The number of halogens is 1. The lowest BCUT2D eigenvalue weighted by Gasteiger charge is -2.13. The van der Waals surface area contributed by atoms with Crippen LogP contribution in [0.2, 0.25) is 0 Å². The smallest absolute Gasteiger partial charge is 0.346 e. The molecular weight excluding hydrogens is 237 g/mol. The molecule has 1 rings (SSSR count). The molecule has 1 atom stereocenters. The molecule has 1 unspecified atom stereocenters. The summed E-state index contributed by atoms with van der Waals surface area (Å²) < 4.78 is 23.4. The molecule has 1 aromatic rings. The van der Waals surface area contributed by atoms with E-state index in [4.69, 9.17) is 4.74 Å². The van der Waals surface area contributed by atoms with Crippen LogP contribution in [0.3, 0.4) is 0 Å². The highest BCUT2D eigenvalue weighted by molar-refractivity contribution is 5.74. The van der Waals surface area contributed by atoms with E-state index in [9.17, 15) is 9.18 Å². The summed E-state index contributed by atoms with van der Waals surface area (Å²) in [6.07, 6.45) is -0.830. The van der Waals surface area contributed by atoms with E-state index in [1.54, 1.807) is 6.07 Å². The molecule has 0 heterocycles. The molecule has 1 N–H and O–H groups in total. The van der Waals surface area contributed by atoms with Crippen LogP contribution < -0.4 is 10.1 Å². The van der Waals surface area contributed by atoms with E-state index in [0.717, 1.165) is 12.1 Å². The summed E-state index contributed by atoms with van der Waals surface area (Å²) in [6, 6.07) is 4.66. The highest BCUT2D eigenvalue weighted by Gasteiger charge is 2.16. The summed E-state index contributed by atoms with van der Waals surface area (Å²) in [5, 5.41) is 3.10. The van der Waals surface area contributed by atoms with E-state index in [2.05, 4.69) is 10.1 Å². The van der Waals surface area contributed by atoms with Gasteiger partial charge in [0, 0.05) is 6.54 Å². The van der Waals surface area contributed by atoms with Gasteiger partial charge in [-0.1, -0.05) is 13.0 Å². The SMILES string of the molecule is CCNCc1ccc(OC(C)C(=O)OC)c(F)c1. The minimum absolute atomic E-state index is 0.0492. The first kappa shape index (κ1) is 14.4. The standard InChI is InChI=1S/C13H18FNO3/c1-4-15-8-10-5-6-12(11(14)7-10)18-9(2)13(16)17-3/h5-7,9,15H,4,8H2,1-3H3. The van der Waals surface area contributed by atoms with Crippen LogP contribution in [0.4, 0.5) is 4.39 Å². The van der Waals surface area contributed by atoms with Gasteiger partial charge in [0.25, 0.3) is 0 Å². The largest absolute Gasteiger partial charge is 0.476 e. The van der Waals surface area contributed by atoms with Gasteiger partial charge in [0.15, 0.2) is 17.7 Å². The summed E-state index contributed by atoms with van der Waals surface area (Å²) in [5.74, 6) is -0.972. The summed E-state index contributed by atoms with van der Waals surface area (Å²) >= 11 is 0. The maximum absolute atomic E-state index is 13.7. The maximum Gasteiger partial charge on any atom is 0.346 e. The molecule has 0 saturated heterocycles. The van der Waals surface area contributed by atoms with Crippen molar-refractivity contribution in [1.82, 2.24) is 5.32 Å². The summed E-state index contributed by atoms with van der Waals surface area (Å²) in [7, 11) is 1.26. The number of carbonyl (C=O) groups excluding carboxylic acids is 1. The highest BCUT2D eigenvalue weighted by atomic mass is 19.1. The topological polar surface area (TPSA) is 47.6 Å². The lowest BCUT2D eigenvalue weighted by Crippen LogP contribution is -2.25. The van der Waals surface area contributed by atoms with E-state index in [1.165, 1.54) is 26.2 Å². The van der Waals surface area contributed by atoms with Crippen LogP contribution in [0.25, 0.3) is 0 Å². The normalized spacial score (nSPS) is 12.0. The first-order valence-electron chi connectivity index (χ1n) is 5.82. The molecule has 0 amide bonds. The zero-order valence-corrected chi connectivity index (χ0v) is 10.8. The van der Waals surface area contributed by atoms with Crippen molar-refractivity contribution < 1.29 is 18.7 Å². The Morgan fingerprint density at radius 3 is 2.78 bits per heavy atom. The number of carbonyl (C=O) groups is 1. The van der Waals surface area contributed by atoms with E-state index in [1.807, 2.05) is 6.92 Å². The molecule has 0 aliphatic carbocycles. The fourth-order valence-electron chi connectivity index (χ4n) is 1.42. The van der Waals surface area contributed by atoms with Gasteiger partial charge in [0.1, 0.15) is 0 Å². The van der Waals surface area contributed by atoms with Gasteiger partial charge in [-0.3, -0.25) is 0 Å². The van der Waals surface area contributed by atoms with Crippen molar-refractivity contribution >= 4 is 5.97 Å². The number of methoxy groups -OCH3 is 1. The average Bonchev–Trinajstić information content (AvgIpc) is 2.38. The lowest BCUT2D eigenvalue weighted by molar-refractivity contribution is -0.148. The third kappa shape index (κ3) is 4.00. The van der Waals surface area contributed by atoms with Crippen molar-refractivity contribution in [2.24, 2.45) is 0 Å². The quantitative estimate of drug-likeness (QED) is 0.788. The highest BCUT2D eigenvalue weighted by Crippen LogP contribution is 2.19. The second-order valence-electron chi connectivity index (χ2n) is 3.83. The zero-order chi connectivity index (χ0) is 13.5. The third-order valence-electron chi connectivity index (χ3n) is 2.41. The van der Waals surface area contributed by atoms with E-state index < -0.39 is 17.9 Å². The summed E-state index contributed by atoms with van der Waals surface area (Å²) in [5.41, 5.74) is 0.826. The molecule has 4 nitrogen and oxygen atoms in total. The van der Waals surface area contributed by atoms with Crippen LogP contribution in [-0.4, -0.2) is 25.7 Å². The summed E-state index contributed by atoms with van der Waals surface area (Å²) in [4.78, 5) is 11.2. The molecule has 5 heteroatoms. The Morgan fingerprint density at radius 1 is 1.50 bits per heavy atom. The molecule has 0 radical (unpaired) electrons. The number of hydrogen-bond acceptors (Lipinski definition) is 4. The number of benzene rings is 1. The van der Waals surface area contributed by atoms with Crippen molar-refractivity contribution in [2.75, 3.05) is 13.7 Å². The average molecular weight is 255 g/mol. The van der Waals surface area contributed by atoms with E-state index >= 15 is 0 Å². The van der Waals surface area contributed by atoms with Crippen LogP contribution in [0, 0.1) is 5.82 Å². The van der Waals surface area contributed by atoms with Gasteiger partial charge in [-0.05, 0) is 31.2 Å². The Morgan fingerprint density at radius 2 is 2.22 bits per heavy atom. The predicted octanol–water partition coefficient (Wildman–Crippen LogP) is 1.88. The molecular formula is C13H18FNO3. The van der Waals surface area contributed by atoms with Crippen molar-refractivity contribution in [2.45, 2.75) is 26.5 Å². The number of esters is 1. The molecule has 0 aromatic heterocycles. The van der Waals surface area contributed by atoms with E-state index in [0.29, 0.717) is 6.54 Å². The Bertz CT molecular complexity index is 409. The molecule has 0 fully saturated rings. The first-order chi connectivity index (χ1) is 8.58.